The van der Waals surface area contributed by atoms with Crippen molar-refractivity contribution in [2.75, 3.05) is 6.54 Å². The molecule has 1 aliphatic heterocycles. The van der Waals surface area contributed by atoms with Gasteiger partial charge in [0.15, 0.2) is 5.78 Å². The van der Waals surface area contributed by atoms with Crippen molar-refractivity contribution >= 4 is 18.2 Å². The van der Waals surface area contributed by atoms with Crippen LogP contribution in [-0.2, 0) is 11.8 Å². The van der Waals surface area contributed by atoms with Crippen molar-refractivity contribution in [1.29, 1.82) is 0 Å². The molecule has 1 saturated carbocycles. The zero-order valence-corrected chi connectivity index (χ0v) is 17.6. The highest BCUT2D eigenvalue weighted by Crippen LogP contribution is 2.56. The Labute approximate surface area is 173 Å². The van der Waals surface area contributed by atoms with Crippen LogP contribution < -0.4 is 0 Å². The van der Waals surface area contributed by atoms with E-state index in [0.717, 1.165) is 24.3 Å². The Morgan fingerprint density at radius 3 is 2.86 bits per heavy atom. The summed E-state index contributed by atoms with van der Waals surface area (Å²) in [5.41, 5.74) is 4.14. The van der Waals surface area contributed by atoms with E-state index in [1.807, 2.05) is 12.1 Å². The molecule has 4 atom stereocenters. The van der Waals surface area contributed by atoms with Crippen LogP contribution in [0.15, 0.2) is 41.0 Å². The fourth-order valence-corrected chi connectivity index (χ4v) is 6.43. The highest BCUT2D eigenvalue weighted by atomic mass is 35.5. The topological polar surface area (TPSA) is 33.5 Å². The van der Waals surface area contributed by atoms with Gasteiger partial charge in [-0.15, -0.1) is 12.4 Å². The first-order valence-corrected chi connectivity index (χ1v) is 10.5. The molecule has 2 aromatic rings. The van der Waals surface area contributed by atoms with E-state index < -0.39 is 0 Å². The van der Waals surface area contributed by atoms with Gasteiger partial charge < -0.3 is 4.42 Å². The molecular formula is C24H30ClNO2. The minimum atomic E-state index is 0. The van der Waals surface area contributed by atoms with E-state index in [1.54, 1.807) is 13.2 Å². The molecule has 150 valence electrons. The molecule has 1 aromatic carbocycles. The minimum absolute atomic E-state index is 0. The number of likely N-dealkylation sites (tertiary alicyclic amines) is 1. The number of carbonyl (C=O) groups excluding carboxylic acids is 1. The first kappa shape index (κ1) is 19.7. The van der Waals surface area contributed by atoms with Gasteiger partial charge in [-0.1, -0.05) is 25.0 Å². The van der Waals surface area contributed by atoms with E-state index in [2.05, 4.69) is 30.0 Å². The van der Waals surface area contributed by atoms with Gasteiger partial charge in [-0.05, 0) is 74.8 Å². The molecule has 4 heteroatoms. The summed E-state index contributed by atoms with van der Waals surface area (Å²) in [5.74, 6) is 1.97. The Balaban J connectivity index is 0.00000192. The summed E-state index contributed by atoms with van der Waals surface area (Å²) in [6.07, 6.45) is 9.36. The Morgan fingerprint density at radius 1 is 1.25 bits per heavy atom. The summed E-state index contributed by atoms with van der Waals surface area (Å²) in [6, 6.07) is 11.5. The summed E-state index contributed by atoms with van der Waals surface area (Å²) < 4.78 is 5.75. The maximum atomic E-state index is 12.0. The Kier molecular flexibility index (Phi) is 5.18. The molecule has 3 aliphatic rings. The number of halogens is 1. The standard InChI is InChI=1S/C24H29NO2.ClH/c1-16(23-7-5-13-27-23)25-12-11-24-10-4-3-6-20(24)22(25)15-19-9-8-18(17(2)26)14-21(19)24;/h5,7-9,13-14,16,20,22H,3-4,6,10-12,15H2,1-2H3;1H/t16?,20-,22+,24+;/m0./s1. The molecule has 2 aliphatic carbocycles. The molecule has 1 aromatic heterocycles. The van der Waals surface area contributed by atoms with Gasteiger partial charge in [-0.2, -0.15) is 0 Å². The fraction of sp³-hybridized carbons (Fsp3) is 0.542. The normalized spacial score (nSPS) is 29.9. The summed E-state index contributed by atoms with van der Waals surface area (Å²) >= 11 is 0. The van der Waals surface area contributed by atoms with Gasteiger partial charge >= 0.3 is 0 Å². The van der Waals surface area contributed by atoms with Crippen LogP contribution in [0.3, 0.4) is 0 Å². The molecule has 0 radical (unpaired) electrons. The number of carbonyl (C=O) groups is 1. The lowest BCUT2D eigenvalue weighted by molar-refractivity contribution is -0.0346. The van der Waals surface area contributed by atoms with Crippen molar-refractivity contribution in [3.05, 3.63) is 59.0 Å². The molecule has 28 heavy (non-hydrogen) atoms. The molecule has 5 rings (SSSR count). The third kappa shape index (κ3) is 2.86. The van der Waals surface area contributed by atoms with Crippen LogP contribution in [0.4, 0.5) is 0 Å². The number of fused-ring (bicyclic) bond motifs is 1. The van der Waals surface area contributed by atoms with Crippen LogP contribution in [0.1, 0.15) is 79.2 Å². The van der Waals surface area contributed by atoms with E-state index in [0.29, 0.717) is 18.0 Å². The Morgan fingerprint density at radius 2 is 2.11 bits per heavy atom. The maximum absolute atomic E-state index is 12.0. The molecule has 0 spiro atoms. The Bertz CT molecular complexity index is 861. The number of hydrogen-bond acceptors (Lipinski definition) is 3. The smallest absolute Gasteiger partial charge is 0.159 e. The predicted molar refractivity (Wildman–Crippen MR) is 113 cm³/mol. The minimum Gasteiger partial charge on any atom is -0.468 e. The second kappa shape index (κ2) is 7.35. The van der Waals surface area contributed by atoms with Crippen LogP contribution in [0.25, 0.3) is 0 Å². The zero-order valence-electron chi connectivity index (χ0n) is 16.8. The van der Waals surface area contributed by atoms with Crippen molar-refractivity contribution in [2.24, 2.45) is 5.92 Å². The van der Waals surface area contributed by atoms with Gasteiger partial charge in [0.2, 0.25) is 0 Å². The van der Waals surface area contributed by atoms with Gasteiger partial charge in [0, 0.05) is 23.6 Å². The molecule has 0 N–H and O–H groups in total. The van der Waals surface area contributed by atoms with Crippen LogP contribution in [-0.4, -0.2) is 23.3 Å². The lowest BCUT2D eigenvalue weighted by atomic mass is 9.52. The number of ketones is 1. The van der Waals surface area contributed by atoms with Crippen molar-refractivity contribution in [3.8, 4) is 0 Å². The molecular weight excluding hydrogens is 370 g/mol. The molecule has 1 unspecified atom stereocenters. The number of benzene rings is 1. The SMILES string of the molecule is CC(=O)c1ccc2c(c1)[C@@]13CCCC[C@H]1[C@@H](C2)N(C(C)c1ccco1)CC3.Cl. The second-order valence-electron chi connectivity index (χ2n) is 8.89. The molecule has 0 amide bonds. The summed E-state index contributed by atoms with van der Waals surface area (Å²) in [5, 5.41) is 0. The quantitative estimate of drug-likeness (QED) is 0.618. The third-order valence-corrected chi connectivity index (χ3v) is 7.74. The van der Waals surface area contributed by atoms with E-state index in [-0.39, 0.29) is 23.6 Å². The van der Waals surface area contributed by atoms with Crippen LogP contribution in [0, 0.1) is 5.92 Å². The molecule has 2 heterocycles. The average molecular weight is 400 g/mol. The van der Waals surface area contributed by atoms with Crippen molar-refractivity contribution < 1.29 is 9.21 Å². The van der Waals surface area contributed by atoms with E-state index >= 15 is 0 Å². The number of Topliss-reactive ketones (excluding diaryl/α,β-unsaturated/α-hetero) is 1. The highest BCUT2D eigenvalue weighted by Gasteiger charge is 2.54. The maximum Gasteiger partial charge on any atom is 0.159 e. The summed E-state index contributed by atoms with van der Waals surface area (Å²) in [7, 11) is 0. The largest absolute Gasteiger partial charge is 0.468 e. The first-order valence-electron chi connectivity index (χ1n) is 10.5. The summed E-state index contributed by atoms with van der Waals surface area (Å²) in [6.45, 7) is 5.10. The van der Waals surface area contributed by atoms with E-state index in [1.165, 1.54) is 43.2 Å². The lowest BCUT2D eigenvalue weighted by Crippen LogP contribution is -2.61. The van der Waals surface area contributed by atoms with Gasteiger partial charge in [0.25, 0.3) is 0 Å². The molecule has 3 nitrogen and oxygen atoms in total. The van der Waals surface area contributed by atoms with Gasteiger partial charge in [0.1, 0.15) is 5.76 Å². The number of hydrogen-bond donors (Lipinski definition) is 0. The fourth-order valence-electron chi connectivity index (χ4n) is 6.43. The van der Waals surface area contributed by atoms with E-state index in [4.69, 9.17) is 4.42 Å². The number of nitrogens with zero attached hydrogens (tertiary/aromatic N) is 1. The van der Waals surface area contributed by atoms with E-state index in [9.17, 15) is 4.79 Å². The number of furan rings is 1. The van der Waals surface area contributed by atoms with Crippen LogP contribution >= 0.6 is 12.4 Å². The van der Waals surface area contributed by atoms with Gasteiger partial charge in [0.05, 0.1) is 12.3 Å². The monoisotopic (exact) mass is 399 g/mol. The second-order valence-corrected chi connectivity index (χ2v) is 8.89. The average Bonchev–Trinajstić information content (AvgIpc) is 3.22. The van der Waals surface area contributed by atoms with Crippen molar-refractivity contribution in [1.82, 2.24) is 4.90 Å². The number of piperidine rings is 1. The lowest BCUT2D eigenvalue weighted by Gasteiger charge is -2.60. The van der Waals surface area contributed by atoms with Crippen molar-refractivity contribution in [3.63, 3.8) is 0 Å². The first-order chi connectivity index (χ1) is 13.1. The van der Waals surface area contributed by atoms with Gasteiger partial charge in [-0.3, -0.25) is 9.69 Å². The predicted octanol–water partition coefficient (Wildman–Crippen LogP) is 5.72. The Hall–Kier alpha value is -1.58. The number of rotatable bonds is 3. The molecule has 2 bridgehead atoms. The third-order valence-electron chi connectivity index (χ3n) is 7.74. The van der Waals surface area contributed by atoms with Crippen LogP contribution in [0.5, 0.6) is 0 Å². The van der Waals surface area contributed by atoms with Crippen LogP contribution in [0.2, 0.25) is 0 Å². The zero-order chi connectivity index (χ0) is 18.6. The van der Waals surface area contributed by atoms with Crippen molar-refractivity contribution in [2.45, 2.75) is 69.9 Å². The highest BCUT2D eigenvalue weighted by molar-refractivity contribution is 5.94. The van der Waals surface area contributed by atoms with Gasteiger partial charge in [-0.25, -0.2) is 0 Å². The molecule has 2 fully saturated rings. The molecule has 1 saturated heterocycles. The summed E-state index contributed by atoms with van der Waals surface area (Å²) in [4.78, 5) is 14.7.